The molecule has 0 saturated heterocycles. The van der Waals surface area contributed by atoms with Gasteiger partial charge in [-0.3, -0.25) is 18.6 Å². The fraction of sp³-hybridized carbons (Fsp3) is 0.304. The third kappa shape index (κ3) is 4.69. The number of para-hydroxylation sites is 1. The smallest absolute Gasteiger partial charge is 0.296 e. The molecule has 176 valence electrons. The highest BCUT2D eigenvalue weighted by molar-refractivity contribution is 7.92. The lowest BCUT2D eigenvalue weighted by atomic mass is 10.2. The normalized spacial score (nSPS) is 11.6. The van der Waals surface area contributed by atoms with Crippen molar-refractivity contribution in [3.63, 3.8) is 0 Å². The number of hydrogen-bond acceptors (Lipinski definition) is 4. The summed E-state index contributed by atoms with van der Waals surface area (Å²) in [6.07, 6.45) is 0. The molecule has 0 atom stereocenters. The first-order chi connectivity index (χ1) is 15.5. The highest BCUT2D eigenvalue weighted by Gasteiger charge is 2.29. The third-order valence-corrected chi connectivity index (χ3v) is 7.43. The number of benzene rings is 2. The summed E-state index contributed by atoms with van der Waals surface area (Å²) >= 11 is 6.17. The quantitative estimate of drug-likeness (QED) is 0.549. The SMILES string of the molecule is Cc1c(N(C)S(=O)(=O)c2ccc(Cl)c(C(=O)NCC(C)C)c2)c(=O)n(-c2ccccc2)n1C. The van der Waals surface area contributed by atoms with Gasteiger partial charge in [0, 0.05) is 20.6 Å². The zero-order valence-corrected chi connectivity index (χ0v) is 20.7. The second-order valence-electron chi connectivity index (χ2n) is 8.13. The van der Waals surface area contributed by atoms with E-state index in [2.05, 4.69) is 5.32 Å². The van der Waals surface area contributed by atoms with Gasteiger partial charge in [-0.25, -0.2) is 13.1 Å². The summed E-state index contributed by atoms with van der Waals surface area (Å²) in [6, 6.07) is 12.9. The molecule has 0 saturated carbocycles. The molecule has 3 rings (SSSR count). The van der Waals surface area contributed by atoms with Crippen LogP contribution in [-0.4, -0.2) is 37.3 Å². The van der Waals surface area contributed by atoms with Crippen molar-refractivity contribution in [1.82, 2.24) is 14.7 Å². The Bertz CT molecular complexity index is 1340. The molecule has 0 aliphatic rings. The third-order valence-electron chi connectivity index (χ3n) is 5.35. The Balaban J connectivity index is 2.05. The van der Waals surface area contributed by atoms with Crippen molar-refractivity contribution in [3.05, 3.63) is 75.2 Å². The summed E-state index contributed by atoms with van der Waals surface area (Å²) in [7, 11) is -1.15. The molecule has 0 fully saturated rings. The van der Waals surface area contributed by atoms with Gasteiger partial charge in [-0.05, 0) is 43.2 Å². The summed E-state index contributed by atoms with van der Waals surface area (Å²) in [6.45, 7) is 5.99. The molecule has 1 heterocycles. The zero-order chi connectivity index (χ0) is 24.5. The molecule has 0 aliphatic heterocycles. The van der Waals surface area contributed by atoms with Gasteiger partial charge in [0.05, 0.1) is 26.9 Å². The van der Waals surface area contributed by atoms with Gasteiger partial charge in [0.2, 0.25) is 0 Å². The number of amides is 1. The number of nitrogens with zero attached hydrogens (tertiary/aromatic N) is 3. The van der Waals surface area contributed by atoms with Crippen LogP contribution in [0.4, 0.5) is 5.69 Å². The van der Waals surface area contributed by atoms with Gasteiger partial charge in [-0.1, -0.05) is 43.6 Å². The number of aromatic nitrogens is 2. The van der Waals surface area contributed by atoms with Crippen molar-refractivity contribution in [3.8, 4) is 5.69 Å². The summed E-state index contributed by atoms with van der Waals surface area (Å²) in [4.78, 5) is 25.7. The van der Waals surface area contributed by atoms with Gasteiger partial charge in [0.15, 0.2) is 0 Å². The van der Waals surface area contributed by atoms with Gasteiger partial charge < -0.3 is 5.32 Å². The molecule has 0 aliphatic carbocycles. The molecule has 1 aromatic heterocycles. The highest BCUT2D eigenvalue weighted by Crippen LogP contribution is 2.27. The first-order valence-electron chi connectivity index (χ1n) is 10.4. The van der Waals surface area contributed by atoms with Crippen molar-refractivity contribution >= 4 is 33.2 Å². The van der Waals surface area contributed by atoms with E-state index in [0.29, 0.717) is 17.9 Å². The molecule has 10 heteroatoms. The molecule has 1 N–H and O–H groups in total. The second-order valence-corrected chi connectivity index (χ2v) is 10.5. The Morgan fingerprint density at radius 3 is 2.39 bits per heavy atom. The molecule has 0 radical (unpaired) electrons. The summed E-state index contributed by atoms with van der Waals surface area (Å²) in [5, 5.41) is 2.88. The Morgan fingerprint density at radius 2 is 1.79 bits per heavy atom. The average Bonchev–Trinajstić information content (AvgIpc) is 3.00. The van der Waals surface area contributed by atoms with Crippen LogP contribution in [-0.2, 0) is 17.1 Å². The molecular weight excluding hydrogens is 464 g/mol. The van der Waals surface area contributed by atoms with Crippen molar-refractivity contribution < 1.29 is 13.2 Å². The molecular formula is C23H27ClN4O4S. The molecule has 3 aromatic rings. The van der Waals surface area contributed by atoms with E-state index in [1.54, 1.807) is 42.9 Å². The average molecular weight is 491 g/mol. The van der Waals surface area contributed by atoms with Gasteiger partial charge in [-0.2, -0.15) is 0 Å². The number of anilines is 1. The Kier molecular flexibility index (Phi) is 7.04. The molecule has 0 spiro atoms. The fourth-order valence-electron chi connectivity index (χ4n) is 3.43. The molecule has 0 bridgehead atoms. The Hall–Kier alpha value is -3.04. The second kappa shape index (κ2) is 9.44. The van der Waals surface area contributed by atoms with Crippen molar-refractivity contribution in [2.45, 2.75) is 25.7 Å². The number of sulfonamides is 1. The maximum absolute atomic E-state index is 13.4. The van der Waals surface area contributed by atoms with Crippen LogP contribution < -0.4 is 15.2 Å². The highest BCUT2D eigenvalue weighted by atomic mass is 35.5. The first-order valence-corrected chi connectivity index (χ1v) is 12.2. The minimum absolute atomic E-state index is 0.0158. The lowest BCUT2D eigenvalue weighted by molar-refractivity contribution is 0.0949. The van der Waals surface area contributed by atoms with E-state index in [0.717, 1.165) is 4.31 Å². The maximum Gasteiger partial charge on any atom is 0.296 e. The lowest BCUT2D eigenvalue weighted by Gasteiger charge is -2.19. The van der Waals surface area contributed by atoms with Crippen LogP contribution in [0.3, 0.4) is 0 Å². The van der Waals surface area contributed by atoms with E-state index in [-0.39, 0.29) is 27.1 Å². The van der Waals surface area contributed by atoms with E-state index in [9.17, 15) is 18.0 Å². The van der Waals surface area contributed by atoms with Crippen molar-refractivity contribution in [2.24, 2.45) is 13.0 Å². The number of rotatable bonds is 7. The molecule has 1 amide bonds. The van der Waals surface area contributed by atoms with Crippen molar-refractivity contribution in [1.29, 1.82) is 0 Å². The minimum Gasteiger partial charge on any atom is -0.352 e. The van der Waals surface area contributed by atoms with Gasteiger partial charge >= 0.3 is 0 Å². The number of hydrogen-bond donors (Lipinski definition) is 1. The predicted molar refractivity (Wildman–Crippen MR) is 130 cm³/mol. The fourth-order valence-corrected chi connectivity index (χ4v) is 4.90. The zero-order valence-electron chi connectivity index (χ0n) is 19.2. The van der Waals surface area contributed by atoms with Crippen LogP contribution in [0.1, 0.15) is 29.9 Å². The predicted octanol–water partition coefficient (Wildman–Crippen LogP) is 3.35. The number of nitrogens with one attached hydrogen (secondary N) is 1. The topological polar surface area (TPSA) is 93.4 Å². The Labute approximate surface area is 198 Å². The van der Waals surface area contributed by atoms with Crippen LogP contribution in [0.25, 0.3) is 5.69 Å². The van der Waals surface area contributed by atoms with Crippen LogP contribution in [0, 0.1) is 12.8 Å². The Morgan fingerprint density at radius 1 is 1.15 bits per heavy atom. The molecule has 2 aromatic carbocycles. The van der Waals surface area contributed by atoms with E-state index in [4.69, 9.17) is 11.6 Å². The molecule has 0 unspecified atom stereocenters. The van der Waals surface area contributed by atoms with Crippen LogP contribution in [0.5, 0.6) is 0 Å². The van der Waals surface area contributed by atoms with Crippen LogP contribution >= 0.6 is 11.6 Å². The first kappa shape index (κ1) is 24.6. The molecule has 8 nitrogen and oxygen atoms in total. The standard InChI is InChI=1S/C23H27ClN4O4S/c1-15(2)14-25-22(29)19-13-18(11-12-20(19)24)33(31,32)27(5)21-16(3)26(4)28(23(21)30)17-9-7-6-8-10-17/h6-13,15H,14H2,1-5H3,(H,25,29). The monoisotopic (exact) mass is 490 g/mol. The van der Waals surface area contributed by atoms with Gasteiger partial charge in [0.1, 0.15) is 5.69 Å². The maximum atomic E-state index is 13.4. The van der Waals surface area contributed by atoms with E-state index < -0.39 is 21.5 Å². The largest absolute Gasteiger partial charge is 0.352 e. The summed E-state index contributed by atoms with van der Waals surface area (Å²) in [5.74, 6) is -0.241. The van der Waals surface area contributed by atoms with E-state index in [1.165, 1.54) is 29.9 Å². The molecule has 33 heavy (non-hydrogen) atoms. The van der Waals surface area contributed by atoms with Gasteiger partial charge in [0.25, 0.3) is 21.5 Å². The summed E-state index contributed by atoms with van der Waals surface area (Å²) < 4.78 is 30.8. The minimum atomic E-state index is -4.16. The number of carbonyl (C=O) groups is 1. The van der Waals surface area contributed by atoms with E-state index in [1.807, 2.05) is 19.9 Å². The van der Waals surface area contributed by atoms with Crippen molar-refractivity contribution in [2.75, 3.05) is 17.9 Å². The van der Waals surface area contributed by atoms with E-state index >= 15 is 0 Å². The number of halogens is 1. The number of carbonyl (C=O) groups excluding carboxylic acids is 1. The van der Waals surface area contributed by atoms with Crippen LogP contribution in [0.15, 0.2) is 58.2 Å². The van der Waals surface area contributed by atoms with Gasteiger partial charge in [-0.15, -0.1) is 0 Å². The lowest BCUT2D eigenvalue weighted by Crippen LogP contribution is -2.32. The summed E-state index contributed by atoms with van der Waals surface area (Å²) in [5.41, 5.74) is 0.677. The van der Waals surface area contributed by atoms with Crippen LogP contribution in [0.2, 0.25) is 5.02 Å².